The number of aryl methyl sites for hydroxylation is 2. The van der Waals surface area contributed by atoms with Crippen molar-refractivity contribution in [3.8, 4) is 23.0 Å². The van der Waals surface area contributed by atoms with E-state index in [-0.39, 0.29) is 17.5 Å². The number of hydrogen-bond donors (Lipinski definition) is 2. The smallest absolute Gasteiger partial charge is 0.388 e. The first-order valence-electron chi connectivity index (χ1n) is 11.5. The fourth-order valence-electron chi connectivity index (χ4n) is 4.50. The van der Waals surface area contributed by atoms with Crippen LogP contribution in [-0.4, -0.2) is 38.7 Å². The molecule has 0 radical (unpaired) electrons. The van der Waals surface area contributed by atoms with Crippen LogP contribution in [-0.2, 0) is 12.8 Å². The van der Waals surface area contributed by atoms with Gasteiger partial charge in [-0.15, -0.1) is 0 Å². The van der Waals surface area contributed by atoms with Crippen molar-refractivity contribution in [3.63, 3.8) is 0 Å². The molecule has 0 aliphatic carbocycles. The summed E-state index contributed by atoms with van der Waals surface area (Å²) >= 11 is 0. The molecule has 0 saturated carbocycles. The molecule has 35 heavy (non-hydrogen) atoms. The van der Waals surface area contributed by atoms with Crippen molar-refractivity contribution in [2.24, 2.45) is 0 Å². The zero-order chi connectivity index (χ0) is 25.5. The standard InChI is InChI=1S/C27H31F3O4Si/c1-33-25-18-20(8-10-23(25)31)12-15-35(17-14-27(28,29)30,22-6-4-3-5-7-22)16-13-21-9-11-24(32)26(19-21)34-2/h3-11,18-19,31-32H,12-17H2,1-2H3. The van der Waals surface area contributed by atoms with Gasteiger partial charge in [0.15, 0.2) is 23.0 Å². The van der Waals surface area contributed by atoms with Crippen LogP contribution in [0.5, 0.6) is 23.0 Å². The zero-order valence-electron chi connectivity index (χ0n) is 19.9. The molecule has 0 fully saturated rings. The Bertz CT molecular complexity index is 1050. The second kappa shape index (κ2) is 11.5. The minimum absolute atomic E-state index is 0.0289. The van der Waals surface area contributed by atoms with Crippen LogP contribution < -0.4 is 14.7 Å². The van der Waals surface area contributed by atoms with Gasteiger partial charge in [-0.2, -0.15) is 13.2 Å². The third-order valence-electron chi connectivity index (χ3n) is 6.55. The number of methoxy groups -OCH3 is 2. The highest BCUT2D eigenvalue weighted by atomic mass is 28.3. The first kappa shape index (κ1) is 26.5. The normalized spacial score (nSPS) is 11.9. The van der Waals surface area contributed by atoms with Gasteiger partial charge < -0.3 is 19.7 Å². The van der Waals surface area contributed by atoms with E-state index < -0.39 is 20.7 Å². The molecule has 0 atom stereocenters. The van der Waals surface area contributed by atoms with Gasteiger partial charge in [0.1, 0.15) is 0 Å². The summed E-state index contributed by atoms with van der Waals surface area (Å²) in [6.07, 6.45) is -3.91. The number of ether oxygens (including phenoxy) is 2. The average molecular weight is 505 g/mol. The van der Waals surface area contributed by atoms with Crippen LogP contribution >= 0.6 is 0 Å². The largest absolute Gasteiger partial charge is 0.504 e. The maximum Gasteiger partial charge on any atom is 0.388 e. The summed E-state index contributed by atoms with van der Waals surface area (Å²) in [4.78, 5) is 0. The molecule has 0 bridgehead atoms. The second-order valence-corrected chi connectivity index (χ2v) is 13.4. The molecule has 3 aromatic carbocycles. The molecular formula is C27H31F3O4Si. The summed E-state index contributed by atoms with van der Waals surface area (Å²) in [6, 6.07) is 21.1. The van der Waals surface area contributed by atoms with Gasteiger partial charge in [0.2, 0.25) is 0 Å². The molecule has 2 N–H and O–H groups in total. The van der Waals surface area contributed by atoms with Gasteiger partial charge in [0, 0.05) is 6.42 Å². The van der Waals surface area contributed by atoms with E-state index in [0.717, 1.165) is 16.3 Å². The Morgan fingerprint density at radius 1 is 0.714 bits per heavy atom. The van der Waals surface area contributed by atoms with Crippen molar-refractivity contribution >= 4 is 13.3 Å². The van der Waals surface area contributed by atoms with E-state index in [2.05, 4.69) is 0 Å². The number of benzene rings is 3. The number of alkyl halides is 3. The van der Waals surface area contributed by atoms with E-state index >= 15 is 0 Å². The number of aromatic hydroxyl groups is 2. The minimum atomic E-state index is -4.24. The molecule has 188 valence electrons. The first-order valence-corrected chi connectivity index (χ1v) is 14.1. The van der Waals surface area contributed by atoms with Crippen LogP contribution in [0.3, 0.4) is 0 Å². The molecule has 0 aliphatic heterocycles. The zero-order valence-corrected chi connectivity index (χ0v) is 20.9. The van der Waals surface area contributed by atoms with Crippen molar-refractivity contribution < 1.29 is 32.9 Å². The molecular weight excluding hydrogens is 473 g/mol. The highest BCUT2D eigenvalue weighted by Gasteiger charge is 2.39. The highest BCUT2D eigenvalue weighted by Crippen LogP contribution is 2.35. The molecule has 0 aliphatic rings. The lowest BCUT2D eigenvalue weighted by Gasteiger charge is -2.33. The lowest BCUT2D eigenvalue weighted by atomic mass is 10.1. The molecule has 0 amide bonds. The Balaban J connectivity index is 1.95. The molecule has 0 heterocycles. The lowest BCUT2D eigenvalue weighted by Crippen LogP contribution is -2.49. The summed E-state index contributed by atoms with van der Waals surface area (Å²) in [6.45, 7) is 0. The Morgan fingerprint density at radius 3 is 1.63 bits per heavy atom. The molecule has 8 heteroatoms. The van der Waals surface area contributed by atoms with E-state index in [1.807, 2.05) is 30.3 Å². The van der Waals surface area contributed by atoms with Gasteiger partial charge in [-0.05, 0) is 66.4 Å². The third-order valence-corrected chi connectivity index (χ3v) is 11.7. The van der Waals surface area contributed by atoms with E-state index in [1.165, 1.54) is 14.2 Å². The number of phenols is 2. The van der Waals surface area contributed by atoms with Crippen molar-refractivity contribution in [2.45, 2.75) is 43.6 Å². The first-order chi connectivity index (χ1) is 16.7. The number of hydrogen-bond acceptors (Lipinski definition) is 4. The van der Waals surface area contributed by atoms with E-state index in [1.54, 1.807) is 36.4 Å². The van der Waals surface area contributed by atoms with E-state index in [0.29, 0.717) is 36.4 Å². The molecule has 3 rings (SSSR count). The summed E-state index contributed by atoms with van der Waals surface area (Å²) in [7, 11) is 0.283. The van der Waals surface area contributed by atoms with Crippen molar-refractivity contribution in [3.05, 3.63) is 77.9 Å². The Labute approximate surface area is 205 Å². The average Bonchev–Trinajstić information content (AvgIpc) is 2.85. The van der Waals surface area contributed by atoms with E-state index in [4.69, 9.17) is 9.47 Å². The van der Waals surface area contributed by atoms with Gasteiger partial charge in [-0.25, -0.2) is 0 Å². The molecule has 3 aromatic rings. The molecule has 0 unspecified atom stereocenters. The van der Waals surface area contributed by atoms with Crippen molar-refractivity contribution in [1.82, 2.24) is 0 Å². The quantitative estimate of drug-likeness (QED) is 0.305. The number of phenolic OH excluding ortho intramolecular Hbond substituents is 2. The monoisotopic (exact) mass is 504 g/mol. The molecule has 0 aromatic heterocycles. The SMILES string of the molecule is COc1cc(CC[Si](CCc2ccc(O)c(OC)c2)(CCC(F)(F)F)c2ccccc2)ccc1O. The summed E-state index contributed by atoms with van der Waals surface area (Å²) in [5, 5.41) is 20.8. The third kappa shape index (κ3) is 7.18. The van der Waals surface area contributed by atoms with Crippen molar-refractivity contribution in [1.29, 1.82) is 0 Å². The molecule has 0 saturated heterocycles. The van der Waals surface area contributed by atoms with Crippen LogP contribution in [0.1, 0.15) is 17.5 Å². The van der Waals surface area contributed by atoms with Gasteiger partial charge >= 0.3 is 6.18 Å². The Morgan fingerprint density at radius 2 is 1.20 bits per heavy atom. The maximum absolute atomic E-state index is 13.4. The number of halogens is 3. The van der Waals surface area contributed by atoms with Crippen LogP contribution in [0.4, 0.5) is 13.2 Å². The number of rotatable bonds is 11. The second-order valence-electron chi connectivity index (χ2n) is 8.77. The topological polar surface area (TPSA) is 58.9 Å². The summed E-state index contributed by atoms with van der Waals surface area (Å²) < 4.78 is 50.8. The lowest BCUT2D eigenvalue weighted by molar-refractivity contribution is -0.130. The molecule has 4 nitrogen and oxygen atoms in total. The van der Waals surface area contributed by atoms with Crippen LogP contribution in [0.25, 0.3) is 0 Å². The van der Waals surface area contributed by atoms with Crippen LogP contribution in [0.15, 0.2) is 66.7 Å². The van der Waals surface area contributed by atoms with Crippen LogP contribution in [0, 0.1) is 0 Å². The minimum Gasteiger partial charge on any atom is -0.504 e. The highest BCUT2D eigenvalue weighted by molar-refractivity contribution is 6.92. The van der Waals surface area contributed by atoms with E-state index in [9.17, 15) is 23.4 Å². The maximum atomic E-state index is 13.4. The van der Waals surface area contributed by atoms with Gasteiger partial charge in [-0.3, -0.25) is 0 Å². The van der Waals surface area contributed by atoms with Crippen molar-refractivity contribution in [2.75, 3.05) is 14.2 Å². The predicted molar refractivity (Wildman–Crippen MR) is 134 cm³/mol. The fourth-order valence-corrected chi connectivity index (χ4v) is 9.32. The molecule has 0 spiro atoms. The summed E-state index contributed by atoms with van der Waals surface area (Å²) in [5.41, 5.74) is 1.82. The fraction of sp³-hybridized carbons (Fsp3) is 0.333. The van der Waals surface area contributed by atoms with Gasteiger partial charge in [0.25, 0.3) is 0 Å². The predicted octanol–water partition coefficient (Wildman–Crippen LogP) is 6.21. The van der Waals surface area contributed by atoms with Gasteiger partial charge in [0.05, 0.1) is 22.3 Å². The van der Waals surface area contributed by atoms with Crippen LogP contribution in [0.2, 0.25) is 18.1 Å². The Kier molecular flexibility index (Phi) is 8.72. The van der Waals surface area contributed by atoms with Gasteiger partial charge in [-0.1, -0.05) is 47.7 Å². The summed E-state index contributed by atoms with van der Waals surface area (Å²) in [5.74, 6) is 0.754. The Hall–Kier alpha value is -3.13.